The van der Waals surface area contributed by atoms with E-state index in [-0.39, 0.29) is 0 Å². The van der Waals surface area contributed by atoms with Gasteiger partial charge >= 0.3 is 0 Å². The first-order valence-corrected chi connectivity index (χ1v) is 6.93. The van der Waals surface area contributed by atoms with Crippen LogP contribution in [0.5, 0.6) is 5.75 Å². The first-order chi connectivity index (χ1) is 10.2. The molecule has 0 fully saturated rings. The van der Waals surface area contributed by atoms with Crippen molar-refractivity contribution in [3.8, 4) is 5.75 Å². The highest BCUT2D eigenvalue weighted by atomic mass is 35.5. The number of aromatic nitrogens is 1. The van der Waals surface area contributed by atoms with Gasteiger partial charge in [-0.2, -0.15) is 0 Å². The lowest BCUT2D eigenvalue weighted by Crippen LogP contribution is -2.03. The summed E-state index contributed by atoms with van der Waals surface area (Å²) in [6.45, 7) is 0. The SMILES string of the molecule is COc1cccc(Cl)c1C(O)c1ccc2cccnc2c1. The molecule has 0 spiro atoms. The van der Waals surface area contributed by atoms with Gasteiger partial charge in [-0.05, 0) is 29.8 Å². The van der Waals surface area contributed by atoms with E-state index >= 15 is 0 Å². The number of ether oxygens (including phenoxy) is 1. The second-order valence-electron chi connectivity index (χ2n) is 4.71. The van der Waals surface area contributed by atoms with Gasteiger partial charge in [0.1, 0.15) is 11.9 Å². The molecule has 0 saturated carbocycles. The zero-order valence-corrected chi connectivity index (χ0v) is 12.2. The smallest absolute Gasteiger partial charge is 0.126 e. The maximum Gasteiger partial charge on any atom is 0.126 e. The molecule has 0 saturated heterocycles. The van der Waals surface area contributed by atoms with E-state index in [9.17, 15) is 5.11 Å². The van der Waals surface area contributed by atoms with Gasteiger partial charge in [0.2, 0.25) is 0 Å². The van der Waals surface area contributed by atoms with Gasteiger partial charge < -0.3 is 9.84 Å². The third kappa shape index (κ3) is 2.58. The van der Waals surface area contributed by atoms with Gasteiger partial charge in [-0.15, -0.1) is 0 Å². The highest BCUT2D eigenvalue weighted by molar-refractivity contribution is 6.31. The fourth-order valence-electron chi connectivity index (χ4n) is 2.38. The van der Waals surface area contributed by atoms with Gasteiger partial charge in [-0.3, -0.25) is 4.98 Å². The van der Waals surface area contributed by atoms with E-state index in [1.165, 1.54) is 0 Å². The molecule has 0 bridgehead atoms. The van der Waals surface area contributed by atoms with Crippen molar-refractivity contribution < 1.29 is 9.84 Å². The van der Waals surface area contributed by atoms with Crippen molar-refractivity contribution in [3.63, 3.8) is 0 Å². The van der Waals surface area contributed by atoms with E-state index in [0.717, 1.165) is 16.5 Å². The van der Waals surface area contributed by atoms with Crippen LogP contribution in [0, 0.1) is 0 Å². The summed E-state index contributed by atoms with van der Waals surface area (Å²) in [5, 5.41) is 12.2. The maximum absolute atomic E-state index is 10.7. The second kappa shape index (κ2) is 5.72. The Kier molecular flexibility index (Phi) is 3.78. The number of fused-ring (bicyclic) bond motifs is 1. The second-order valence-corrected chi connectivity index (χ2v) is 5.12. The molecule has 3 rings (SSSR count). The molecule has 0 aliphatic carbocycles. The number of hydrogen-bond acceptors (Lipinski definition) is 3. The first-order valence-electron chi connectivity index (χ1n) is 6.56. The van der Waals surface area contributed by atoms with Crippen LogP contribution in [0.2, 0.25) is 5.02 Å². The number of pyridine rings is 1. The highest BCUT2D eigenvalue weighted by Gasteiger charge is 2.19. The fourth-order valence-corrected chi connectivity index (χ4v) is 2.65. The van der Waals surface area contributed by atoms with Crippen molar-refractivity contribution in [2.75, 3.05) is 7.11 Å². The third-order valence-electron chi connectivity index (χ3n) is 3.45. The minimum atomic E-state index is -0.861. The molecule has 1 heterocycles. The molecule has 3 aromatic rings. The van der Waals surface area contributed by atoms with E-state index < -0.39 is 6.10 Å². The van der Waals surface area contributed by atoms with E-state index in [0.29, 0.717) is 16.3 Å². The van der Waals surface area contributed by atoms with E-state index in [1.807, 2.05) is 30.3 Å². The molecule has 21 heavy (non-hydrogen) atoms. The lowest BCUT2D eigenvalue weighted by atomic mass is 9.99. The molecule has 0 aliphatic heterocycles. The van der Waals surface area contributed by atoms with E-state index in [2.05, 4.69) is 4.98 Å². The van der Waals surface area contributed by atoms with Crippen molar-refractivity contribution in [1.82, 2.24) is 4.98 Å². The van der Waals surface area contributed by atoms with Crippen LogP contribution < -0.4 is 4.74 Å². The van der Waals surface area contributed by atoms with Gasteiger partial charge in [0, 0.05) is 17.1 Å². The van der Waals surface area contributed by atoms with Gasteiger partial charge in [0.15, 0.2) is 0 Å². The van der Waals surface area contributed by atoms with Gasteiger partial charge in [-0.1, -0.05) is 35.9 Å². The maximum atomic E-state index is 10.7. The summed E-state index contributed by atoms with van der Waals surface area (Å²) in [4.78, 5) is 4.31. The number of aliphatic hydroxyl groups excluding tert-OH is 1. The molecule has 2 aromatic carbocycles. The van der Waals surface area contributed by atoms with Crippen LogP contribution in [0.3, 0.4) is 0 Å². The van der Waals surface area contributed by atoms with Crippen molar-refractivity contribution >= 4 is 22.5 Å². The van der Waals surface area contributed by atoms with Crippen molar-refractivity contribution in [2.24, 2.45) is 0 Å². The Labute approximate surface area is 127 Å². The lowest BCUT2D eigenvalue weighted by Gasteiger charge is -2.17. The Morgan fingerprint density at radius 1 is 1.14 bits per heavy atom. The molecule has 1 aromatic heterocycles. The number of rotatable bonds is 3. The van der Waals surface area contributed by atoms with Gasteiger partial charge in [0.05, 0.1) is 17.6 Å². The Bertz CT molecular complexity index is 789. The average Bonchev–Trinajstić information content (AvgIpc) is 2.53. The topological polar surface area (TPSA) is 42.4 Å². The van der Waals surface area contributed by atoms with Crippen LogP contribution in [0.1, 0.15) is 17.2 Å². The Morgan fingerprint density at radius 3 is 2.81 bits per heavy atom. The van der Waals surface area contributed by atoms with Crippen LogP contribution in [0.4, 0.5) is 0 Å². The molecule has 4 heteroatoms. The summed E-state index contributed by atoms with van der Waals surface area (Å²) in [5.74, 6) is 0.566. The molecule has 0 radical (unpaired) electrons. The zero-order valence-electron chi connectivity index (χ0n) is 11.5. The molecule has 106 valence electrons. The number of hydrogen-bond donors (Lipinski definition) is 1. The molecule has 0 aliphatic rings. The summed E-state index contributed by atoms with van der Waals surface area (Å²) < 4.78 is 5.30. The number of aliphatic hydroxyl groups is 1. The Balaban J connectivity index is 2.10. The summed E-state index contributed by atoms with van der Waals surface area (Å²) in [5.41, 5.74) is 2.13. The minimum Gasteiger partial charge on any atom is -0.496 e. The molecule has 1 unspecified atom stereocenters. The Morgan fingerprint density at radius 2 is 2.00 bits per heavy atom. The molecular weight excluding hydrogens is 286 g/mol. The summed E-state index contributed by atoms with van der Waals surface area (Å²) in [6.07, 6.45) is 0.870. The monoisotopic (exact) mass is 299 g/mol. The van der Waals surface area contributed by atoms with Crippen molar-refractivity contribution in [3.05, 3.63) is 70.9 Å². The van der Waals surface area contributed by atoms with E-state index in [1.54, 1.807) is 31.5 Å². The molecule has 1 N–H and O–H groups in total. The number of halogens is 1. The van der Waals surface area contributed by atoms with Crippen molar-refractivity contribution in [1.29, 1.82) is 0 Å². The zero-order chi connectivity index (χ0) is 14.8. The van der Waals surface area contributed by atoms with Crippen LogP contribution in [-0.2, 0) is 0 Å². The number of benzene rings is 2. The average molecular weight is 300 g/mol. The standard InChI is InChI=1S/C17H14ClNO2/c1-21-15-6-2-5-13(18)16(15)17(20)12-8-7-11-4-3-9-19-14(11)10-12/h2-10,17,20H,1H3. The van der Waals surface area contributed by atoms with Crippen molar-refractivity contribution in [2.45, 2.75) is 6.10 Å². The third-order valence-corrected chi connectivity index (χ3v) is 3.78. The summed E-state index contributed by atoms with van der Waals surface area (Å²) >= 11 is 6.22. The number of methoxy groups -OCH3 is 1. The van der Waals surface area contributed by atoms with Crippen LogP contribution >= 0.6 is 11.6 Å². The summed E-state index contributed by atoms with van der Waals surface area (Å²) in [7, 11) is 1.56. The van der Waals surface area contributed by atoms with Crippen LogP contribution in [0.15, 0.2) is 54.7 Å². The number of nitrogens with zero attached hydrogens (tertiary/aromatic N) is 1. The predicted molar refractivity (Wildman–Crippen MR) is 83.8 cm³/mol. The first kappa shape index (κ1) is 13.9. The largest absolute Gasteiger partial charge is 0.496 e. The fraction of sp³-hybridized carbons (Fsp3) is 0.118. The van der Waals surface area contributed by atoms with Gasteiger partial charge in [0.25, 0.3) is 0 Å². The molecule has 0 amide bonds. The minimum absolute atomic E-state index is 0.475. The molecule has 1 atom stereocenters. The van der Waals surface area contributed by atoms with E-state index in [4.69, 9.17) is 16.3 Å². The Hall–Kier alpha value is -2.10. The van der Waals surface area contributed by atoms with Crippen LogP contribution in [0.25, 0.3) is 10.9 Å². The predicted octanol–water partition coefficient (Wildman–Crippen LogP) is 3.98. The lowest BCUT2D eigenvalue weighted by molar-refractivity contribution is 0.215. The quantitative estimate of drug-likeness (QED) is 0.795. The van der Waals surface area contributed by atoms with Gasteiger partial charge in [-0.25, -0.2) is 0 Å². The molecular formula is C17H14ClNO2. The summed E-state index contributed by atoms with van der Waals surface area (Å²) in [6, 6.07) is 14.8. The highest BCUT2D eigenvalue weighted by Crippen LogP contribution is 2.36. The molecule has 3 nitrogen and oxygen atoms in total. The van der Waals surface area contributed by atoms with Crippen LogP contribution in [-0.4, -0.2) is 17.2 Å². The normalized spacial score (nSPS) is 12.3.